The predicted octanol–water partition coefficient (Wildman–Crippen LogP) is -1.36. The second kappa shape index (κ2) is 4.84. The molecule has 0 radical (unpaired) electrons. The van der Waals surface area contributed by atoms with Crippen LogP contribution in [0.15, 0.2) is 18.2 Å². The molecule has 0 fully saturated rings. The molecular formula is C7H8BF3KN. The fraction of sp³-hybridized carbons (Fsp3) is 0.143. The molecule has 0 aliphatic heterocycles. The molecule has 1 aromatic carbocycles. The van der Waals surface area contributed by atoms with Crippen molar-refractivity contribution in [1.29, 1.82) is 0 Å². The molecule has 0 saturated carbocycles. The van der Waals surface area contributed by atoms with Gasteiger partial charge in [-0.25, -0.2) is 0 Å². The molecular weight excluding hydrogens is 205 g/mol. The molecule has 1 nitrogen and oxygen atoms in total. The van der Waals surface area contributed by atoms with Crippen LogP contribution >= 0.6 is 0 Å². The van der Waals surface area contributed by atoms with Crippen LogP contribution in [0.2, 0.25) is 0 Å². The number of hydrogen-bond donors (Lipinski definition) is 1. The Labute approximate surface area is 117 Å². The van der Waals surface area contributed by atoms with Gasteiger partial charge in [0, 0.05) is 5.69 Å². The summed E-state index contributed by atoms with van der Waals surface area (Å²) in [6.07, 6.45) is 0. The van der Waals surface area contributed by atoms with Crippen molar-refractivity contribution in [1.82, 2.24) is 0 Å². The van der Waals surface area contributed by atoms with E-state index in [4.69, 9.17) is 5.73 Å². The van der Waals surface area contributed by atoms with Crippen LogP contribution in [0.5, 0.6) is 0 Å². The van der Waals surface area contributed by atoms with Crippen molar-refractivity contribution >= 4 is 18.1 Å². The maximum atomic E-state index is 12.1. The minimum Gasteiger partial charge on any atom is -0.445 e. The summed E-state index contributed by atoms with van der Waals surface area (Å²) in [5, 5.41) is 0. The van der Waals surface area contributed by atoms with Crippen molar-refractivity contribution in [3.63, 3.8) is 0 Å². The van der Waals surface area contributed by atoms with Gasteiger partial charge in [0.05, 0.1) is 0 Å². The minimum absolute atomic E-state index is 0. The number of nitrogens with two attached hydrogens (primary N) is 1. The van der Waals surface area contributed by atoms with E-state index in [9.17, 15) is 12.9 Å². The van der Waals surface area contributed by atoms with Gasteiger partial charge in [0.25, 0.3) is 0 Å². The quantitative estimate of drug-likeness (QED) is 0.452. The van der Waals surface area contributed by atoms with Crippen LogP contribution in [0.1, 0.15) is 5.56 Å². The molecule has 1 aromatic rings. The molecule has 13 heavy (non-hydrogen) atoms. The van der Waals surface area contributed by atoms with Crippen molar-refractivity contribution in [3.05, 3.63) is 23.8 Å². The molecule has 0 amide bonds. The molecule has 0 saturated heterocycles. The third-order valence-corrected chi connectivity index (χ3v) is 1.68. The summed E-state index contributed by atoms with van der Waals surface area (Å²) in [5.74, 6) is 0. The van der Waals surface area contributed by atoms with E-state index in [1.807, 2.05) is 0 Å². The Balaban J connectivity index is 0.00000144. The fourth-order valence-electron chi connectivity index (χ4n) is 0.863. The monoisotopic (exact) mass is 213 g/mol. The van der Waals surface area contributed by atoms with Crippen LogP contribution in [0.3, 0.4) is 0 Å². The summed E-state index contributed by atoms with van der Waals surface area (Å²) in [6.45, 7) is -3.25. The molecule has 0 spiro atoms. The minimum atomic E-state index is -4.92. The van der Waals surface area contributed by atoms with Crippen LogP contribution in [-0.4, -0.2) is 6.98 Å². The summed E-state index contributed by atoms with van der Waals surface area (Å²) >= 11 is 0. The Morgan fingerprint density at radius 3 is 2.15 bits per heavy atom. The second-order valence-electron chi connectivity index (χ2n) is 2.69. The van der Waals surface area contributed by atoms with E-state index in [0.717, 1.165) is 12.1 Å². The van der Waals surface area contributed by atoms with Gasteiger partial charge < -0.3 is 18.7 Å². The zero-order valence-corrected chi connectivity index (χ0v) is 10.6. The maximum Gasteiger partial charge on any atom is 1.00 e. The Kier molecular flexibility index (Phi) is 5.03. The molecule has 1 rings (SSSR count). The second-order valence-corrected chi connectivity index (χ2v) is 2.69. The van der Waals surface area contributed by atoms with Crippen molar-refractivity contribution in [2.75, 3.05) is 5.73 Å². The maximum absolute atomic E-state index is 12.1. The van der Waals surface area contributed by atoms with Crippen molar-refractivity contribution in [2.45, 2.75) is 6.92 Å². The number of halogens is 3. The number of aryl methyl sites for hydroxylation is 1. The van der Waals surface area contributed by atoms with Gasteiger partial charge in [0.2, 0.25) is 0 Å². The first-order chi connectivity index (χ1) is 5.41. The van der Waals surface area contributed by atoms with Crippen LogP contribution in [-0.2, 0) is 0 Å². The van der Waals surface area contributed by atoms with E-state index in [1.165, 1.54) is 6.07 Å². The van der Waals surface area contributed by atoms with Gasteiger partial charge in [0.1, 0.15) is 0 Å². The number of hydrogen-bond acceptors (Lipinski definition) is 1. The van der Waals surface area contributed by atoms with Gasteiger partial charge in [-0.3, -0.25) is 0 Å². The van der Waals surface area contributed by atoms with Crippen LogP contribution in [0, 0.1) is 6.92 Å². The van der Waals surface area contributed by atoms with E-state index in [2.05, 4.69) is 0 Å². The van der Waals surface area contributed by atoms with Crippen molar-refractivity contribution in [3.8, 4) is 0 Å². The molecule has 0 bridgehead atoms. The van der Waals surface area contributed by atoms with Gasteiger partial charge >= 0.3 is 58.4 Å². The van der Waals surface area contributed by atoms with Gasteiger partial charge in [-0.1, -0.05) is 18.2 Å². The molecule has 2 N–H and O–H groups in total. The number of benzene rings is 1. The molecule has 0 aliphatic rings. The average Bonchev–Trinajstić information content (AvgIpc) is 1.92. The molecule has 0 aliphatic carbocycles. The Morgan fingerprint density at radius 1 is 1.23 bits per heavy atom. The van der Waals surface area contributed by atoms with Crippen molar-refractivity contribution < 1.29 is 64.3 Å². The third kappa shape index (κ3) is 3.63. The fourth-order valence-corrected chi connectivity index (χ4v) is 0.863. The summed E-state index contributed by atoms with van der Waals surface area (Å²) in [5.41, 5.74) is 5.54. The third-order valence-electron chi connectivity index (χ3n) is 1.68. The summed E-state index contributed by atoms with van der Waals surface area (Å²) in [6, 6.07) is 3.39. The molecule has 0 aromatic heterocycles. The van der Waals surface area contributed by atoms with Crippen LogP contribution < -0.4 is 62.6 Å². The Bertz CT molecular complexity index is 300. The zero-order valence-electron chi connectivity index (χ0n) is 7.52. The number of rotatable bonds is 1. The van der Waals surface area contributed by atoms with E-state index in [1.54, 1.807) is 6.92 Å². The largest absolute Gasteiger partial charge is 1.00 e. The smallest absolute Gasteiger partial charge is 0.445 e. The molecule has 66 valence electrons. The predicted molar refractivity (Wildman–Crippen MR) is 44.3 cm³/mol. The average molecular weight is 213 g/mol. The normalized spacial score (nSPS) is 10.8. The van der Waals surface area contributed by atoms with E-state index in [-0.39, 0.29) is 57.1 Å². The van der Waals surface area contributed by atoms with Gasteiger partial charge in [0.15, 0.2) is 0 Å². The first kappa shape index (κ1) is 13.5. The first-order valence-electron chi connectivity index (χ1n) is 3.47. The molecule has 0 atom stereocenters. The molecule has 0 heterocycles. The van der Waals surface area contributed by atoms with E-state index >= 15 is 0 Å². The summed E-state index contributed by atoms with van der Waals surface area (Å²) in [4.78, 5) is 0. The van der Waals surface area contributed by atoms with E-state index in [0.29, 0.717) is 5.56 Å². The van der Waals surface area contributed by atoms with Crippen LogP contribution in [0.4, 0.5) is 18.6 Å². The number of nitrogen functional groups attached to an aromatic ring is 1. The zero-order chi connectivity index (χ0) is 9.35. The van der Waals surface area contributed by atoms with Gasteiger partial charge in [-0.05, 0) is 12.5 Å². The van der Waals surface area contributed by atoms with Crippen molar-refractivity contribution in [2.24, 2.45) is 0 Å². The molecule has 0 unspecified atom stereocenters. The summed E-state index contributed by atoms with van der Waals surface area (Å²) in [7, 11) is 0. The topological polar surface area (TPSA) is 26.0 Å². The van der Waals surface area contributed by atoms with Gasteiger partial charge in [-0.15, -0.1) is 5.46 Å². The Morgan fingerprint density at radius 2 is 1.77 bits per heavy atom. The Hall–Kier alpha value is 0.511. The van der Waals surface area contributed by atoms with E-state index < -0.39 is 12.4 Å². The first-order valence-corrected chi connectivity index (χ1v) is 3.47. The standard InChI is InChI=1S/C7H8BF3N.K/c1-5-2-3-6(4-7(5)12)8(9,10)11;/h2-4H,12H2,1H3;/q-1;+1. The number of anilines is 1. The SMILES string of the molecule is Cc1ccc([B-](F)(F)F)cc1N.[K+]. The van der Waals surface area contributed by atoms with Gasteiger partial charge in [-0.2, -0.15) is 0 Å². The molecule has 6 heteroatoms. The summed E-state index contributed by atoms with van der Waals surface area (Å²) < 4.78 is 36.3. The van der Waals surface area contributed by atoms with Crippen LogP contribution in [0.25, 0.3) is 0 Å².